The molecule has 1 aromatic rings. The Morgan fingerprint density at radius 2 is 2.19 bits per heavy atom. The van der Waals surface area contributed by atoms with E-state index in [9.17, 15) is 4.79 Å². The zero-order valence-corrected chi connectivity index (χ0v) is 10.1. The van der Waals surface area contributed by atoms with Crippen molar-refractivity contribution in [1.82, 2.24) is 0 Å². The molecule has 88 valence electrons. The smallest absolute Gasteiger partial charge is 0.307 e. The van der Waals surface area contributed by atoms with E-state index >= 15 is 0 Å². The van der Waals surface area contributed by atoms with Crippen molar-refractivity contribution in [2.75, 3.05) is 5.32 Å². The summed E-state index contributed by atoms with van der Waals surface area (Å²) in [6.07, 6.45) is 1.08. The van der Waals surface area contributed by atoms with E-state index in [2.05, 4.69) is 19.2 Å². The van der Waals surface area contributed by atoms with Crippen LogP contribution in [0.4, 0.5) is 5.69 Å². The maximum atomic E-state index is 10.8. The Hall–Kier alpha value is -1.51. The van der Waals surface area contributed by atoms with Gasteiger partial charge in [-0.1, -0.05) is 24.6 Å². The largest absolute Gasteiger partial charge is 0.481 e. The molecule has 0 aliphatic carbocycles. The molecule has 0 aliphatic heterocycles. The standard InChI is InChI=1S/C13H19NO2/c1-4-10(3)14-12-6-5-9(2)7-11(12)8-13(15)16/h5-7,10,14H,4,8H2,1-3H3,(H,15,16). The number of aryl methyl sites for hydroxylation is 1. The molecule has 0 spiro atoms. The molecule has 0 saturated carbocycles. The lowest BCUT2D eigenvalue weighted by molar-refractivity contribution is -0.136. The van der Waals surface area contributed by atoms with E-state index in [0.29, 0.717) is 6.04 Å². The Labute approximate surface area is 96.5 Å². The van der Waals surface area contributed by atoms with Crippen LogP contribution in [0.5, 0.6) is 0 Å². The normalized spacial score (nSPS) is 12.2. The highest BCUT2D eigenvalue weighted by atomic mass is 16.4. The van der Waals surface area contributed by atoms with Gasteiger partial charge >= 0.3 is 5.97 Å². The Morgan fingerprint density at radius 1 is 1.50 bits per heavy atom. The number of anilines is 1. The number of benzene rings is 1. The van der Waals surface area contributed by atoms with Gasteiger partial charge in [0.15, 0.2) is 0 Å². The van der Waals surface area contributed by atoms with Gasteiger partial charge in [0.2, 0.25) is 0 Å². The minimum Gasteiger partial charge on any atom is -0.481 e. The zero-order chi connectivity index (χ0) is 12.1. The summed E-state index contributed by atoms with van der Waals surface area (Å²) in [6, 6.07) is 6.24. The molecule has 0 amide bonds. The van der Waals surface area contributed by atoms with E-state index < -0.39 is 5.97 Å². The van der Waals surface area contributed by atoms with Crippen molar-refractivity contribution in [3.63, 3.8) is 0 Å². The lowest BCUT2D eigenvalue weighted by atomic mass is 10.1. The summed E-state index contributed by atoms with van der Waals surface area (Å²) in [4.78, 5) is 10.8. The number of nitrogens with one attached hydrogen (secondary N) is 1. The predicted molar refractivity (Wildman–Crippen MR) is 65.9 cm³/mol. The first-order valence-electron chi connectivity index (χ1n) is 5.60. The van der Waals surface area contributed by atoms with Crippen LogP contribution in [0.2, 0.25) is 0 Å². The predicted octanol–water partition coefficient (Wildman–Crippen LogP) is 2.83. The van der Waals surface area contributed by atoms with Crippen LogP contribution in [-0.2, 0) is 11.2 Å². The number of aliphatic carboxylic acids is 1. The van der Waals surface area contributed by atoms with E-state index in [4.69, 9.17) is 5.11 Å². The molecule has 0 bridgehead atoms. The molecule has 1 atom stereocenters. The van der Waals surface area contributed by atoms with E-state index in [0.717, 1.165) is 23.2 Å². The fourth-order valence-corrected chi connectivity index (χ4v) is 1.54. The molecule has 16 heavy (non-hydrogen) atoms. The van der Waals surface area contributed by atoms with Crippen LogP contribution >= 0.6 is 0 Å². The summed E-state index contributed by atoms with van der Waals surface area (Å²) in [5.74, 6) is -0.794. The van der Waals surface area contributed by atoms with Crippen LogP contribution in [0.1, 0.15) is 31.4 Å². The number of hydrogen-bond acceptors (Lipinski definition) is 2. The van der Waals surface area contributed by atoms with Gasteiger partial charge in [-0.15, -0.1) is 0 Å². The summed E-state index contributed by atoms with van der Waals surface area (Å²) < 4.78 is 0. The molecule has 1 unspecified atom stereocenters. The second-order valence-corrected chi connectivity index (χ2v) is 4.18. The first kappa shape index (κ1) is 12.6. The molecule has 2 N–H and O–H groups in total. The van der Waals surface area contributed by atoms with Crippen LogP contribution in [0.15, 0.2) is 18.2 Å². The third-order valence-electron chi connectivity index (χ3n) is 2.62. The molecule has 0 saturated heterocycles. The first-order chi connectivity index (χ1) is 7.52. The Kier molecular flexibility index (Phi) is 4.35. The number of hydrogen-bond donors (Lipinski definition) is 2. The molecule has 0 aromatic heterocycles. The fraction of sp³-hybridized carbons (Fsp3) is 0.462. The summed E-state index contributed by atoms with van der Waals surface area (Å²) in [5.41, 5.74) is 2.88. The molecule has 0 aliphatic rings. The lowest BCUT2D eigenvalue weighted by Gasteiger charge is -2.16. The van der Waals surface area contributed by atoms with Gasteiger partial charge in [0, 0.05) is 11.7 Å². The number of carboxylic acid groups (broad SMARTS) is 1. The Bertz CT molecular complexity index is 374. The van der Waals surface area contributed by atoms with Crippen molar-refractivity contribution in [2.45, 2.75) is 39.7 Å². The maximum Gasteiger partial charge on any atom is 0.307 e. The molecule has 3 heteroatoms. The lowest BCUT2D eigenvalue weighted by Crippen LogP contribution is -2.15. The highest BCUT2D eigenvalue weighted by molar-refractivity contribution is 5.73. The topological polar surface area (TPSA) is 49.3 Å². The third-order valence-corrected chi connectivity index (χ3v) is 2.62. The molecule has 3 nitrogen and oxygen atoms in total. The second-order valence-electron chi connectivity index (χ2n) is 4.18. The molecular weight excluding hydrogens is 202 g/mol. The van der Waals surface area contributed by atoms with Crippen molar-refractivity contribution < 1.29 is 9.90 Å². The Balaban J connectivity index is 2.93. The van der Waals surface area contributed by atoms with Gasteiger partial charge in [-0.25, -0.2) is 0 Å². The van der Waals surface area contributed by atoms with Crippen LogP contribution in [-0.4, -0.2) is 17.1 Å². The van der Waals surface area contributed by atoms with Gasteiger partial charge in [-0.2, -0.15) is 0 Å². The van der Waals surface area contributed by atoms with Gasteiger partial charge in [-0.3, -0.25) is 4.79 Å². The van der Waals surface area contributed by atoms with Crippen molar-refractivity contribution in [3.05, 3.63) is 29.3 Å². The SMILES string of the molecule is CCC(C)Nc1ccc(C)cc1CC(=O)O. The van der Waals surface area contributed by atoms with E-state index in [1.807, 2.05) is 25.1 Å². The highest BCUT2D eigenvalue weighted by Crippen LogP contribution is 2.19. The Morgan fingerprint density at radius 3 is 2.75 bits per heavy atom. The number of carbonyl (C=O) groups is 1. The minimum absolute atomic E-state index is 0.0699. The summed E-state index contributed by atoms with van der Waals surface area (Å²) >= 11 is 0. The summed E-state index contributed by atoms with van der Waals surface area (Å²) in [7, 11) is 0. The van der Waals surface area contributed by atoms with E-state index in [-0.39, 0.29) is 6.42 Å². The van der Waals surface area contributed by atoms with Gasteiger partial charge < -0.3 is 10.4 Å². The summed E-state index contributed by atoms with van der Waals surface area (Å²) in [6.45, 7) is 6.16. The zero-order valence-electron chi connectivity index (χ0n) is 10.1. The minimum atomic E-state index is -0.794. The summed E-state index contributed by atoms with van der Waals surface area (Å²) in [5, 5.41) is 12.2. The average Bonchev–Trinajstić information content (AvgIpc) is 2.21. The van der Waals surface area contributed by atoms with Gasteiger partial charge in [0.1, 0.15) is 0 Å². The number of carboxylic acids is 1. The van der Waals surface area contributed by atoms with Gasteiger partial charge in [-0.05, 0) is 31.9 Å². The van der Waals surface area contributed by atoms with E-state index in [1.165, 1.54) is 0 Å². The van der Waals surface area contributed by atoms with E-state index in [1.54, 1.807) is 0 Å². The molecule has 0 heterocycles. The highest BCUT2D eigenvalue weighted by Gasteiger charge is 2.08. The van der Waals surface area contributed by atoms with Crippen LogP contribution < -0.4 is 5.32 Å². The van der Waals surface area contributed by atoms with Gasteiger partial charge in [0.05, 0.1) is 6.42 Å². The molecule has 0 radical (unpaired) electrons. The van der Waals surface area contributed by atoms with Crippen molar-refractivity contribution in [1.29, 1.82) is 0 Å². The van der Waals surface area contributed by atoms with Crippen LogP contribution in [0.3, 0.4) is 0 Å². The molecule has 1 aromatic carbocycles. The van der Waals surface area contributed by atoms with Crippen LogP contribution in [0.25, 0.3) is 0 Å². The van der Waals surface area contributed by atoms with Crippen molar-refractivity contribution >= 4 is 11.7 Å². The van der Waals surface area contributed by atoms with Gasteiger partial charge in [0.25, 0.3) is 0 Å². The molecule has 0 fully saturated rings. The molecule has 1 rings (SSSR count). The maximum absolute atomic E-state index is 10.8. The first-order valence-corrected chi connectivity index (χ1v) is 5.60. The average molecular weight is 221 g/mol. The van der Waals surface area contributed by atoms with Crippen LogP contribution in [0, 0.1) is 6.92 Å². The quantitative estimate of drug-likeness (QED) is 0.803. The monoisotopic (exact) mass is 221 g/mol. The molecular formula is C13H19NO2. The second kappa shape index (κ2) is 5.54. The van der Waals surface area contributed by atoms with Crippen molar-refractivity contribution in [2.24, 2.45) is 0 Å². The third kappa shape index (κ3) is 3.57. The number of rotatable bonds is 5. The fourth-order valence-electron chi connectivity index (χ4n) is 1.54. The van der Waals surface area contributed by atoms with Crippen molar-refractivity contribution in [3.8, 4) is 0 Å².